The lowest BCUT2D eigenvalue weighted by molar-refractivity contribution is 0.586. The number of halogens is 4. The maximum atomic E-state index is 13.9. The zero-order valence-corrected chi connectivity index (χ0v) is 16.9. The van der Waals surface area contributed by atoms with Crippen LogP contribution in [0.3, 0.4) is 0 Å². The topological polar surface area (TPSA) is 41.9 Å². The lowest BCUT2D eigenvalue weighted by Gasteiger charge is -2.09. The number of benzene rings is 2. The van der Waals surface area contributed by atoms with Crippen molar-refractivity contribution in [2.45, 2.75) is 13.1 Å². The van der Waals surface area contributed by atoms with Crippen LogP contribution in [0.25, 0.3) is 0 Å². The fraction of sp³-hybridized carbons (Fsp3) is 0.111. The minimum absolute atomic E-state index is 0.151. The van der Waals surface area contributed by atoms with Gasteiger partial charge >= 0.3 is 0 Å². The molecule has 0 bridgehead atoms. The monoisotopic (exact) mass is 442 g/mol. The number of hydrogen-bond acceptors (Lipinski definition) is 2. The number of rotatable bonds is 5. The van der Waals surface area contributed by atoms with E-state index in [-0.39, 0.29) is 6.54 Å². The van der Waals surface area contributed by atoms with Crippen molar-refractivity contribution < 1.29 is 4.39 Å². The van der Waals surface area contributed by atoms with Gasteiger partial charge in [-0.2, -0.15) is 5.10 Å². The Morgan fingerprint density at radius 1 is 1.07 bits per heavy atom. The number of anilines is 1. The highest BCUT2D eigenvalue weighted by atomic mass is 35.5. The third kappa shape index (κ3) is 5.32. The van der Waals surface area contributed by atoms with Crippen LogP contribution in [0.5, 0.6) is 0 Å². The minimum atomic E-state index is -0.399. The van der Waals surface area contributed by atoms with Crippen LogP contribution in [0.15, 0.2) is 48.7 Å². The van der Waals surface area contributed by atoms with Crippen molar-refractivity contribution in [2.24, 2.45) is 0 Å². The summed E-state index contributed by atoms with van der Waals surface area (Å²) in [5.41, 5.74) is 1.36. The second-order valence-electron chi connectivity index (χ2n) is 5.66. The third-order valence-electron chi connectivity index (χ3n) is 3.70. The van der Waals surface area contributed by atoms with Crippen LogP contribution in [0.1, 0.15) is 11.1 Å². The molecule has 0 saturated heterocycles. The molecule has 3 aromatic rings. The van der Waals surface area contributed by atoms with Gasteiger partial charge in [0.25, 0.3) is 0 Å². The van der Waals surface area contributed by atoms with Gasteiger partial charge < -0.3 is 10.6 Å². The van der Waals surface area contributed by atoms with Crippen LogP contribution in [-0.2, 0) is 13.1 Å². The highest BCUT2D eigenvalue weighted by molar-refractivity contribution is 7.80. The van der Waals surface area contributed by atoms with Crippen LogP contribution in [-0.4, -0.2) is 14.9 Å². The largest absolute Gasteiger partial charge is 0.358 e. The normalized spacial score (nSPS) is 10.7. The summed E-state index contributed by atoms with van der Waals surface area (Å²) in [5.74, 6) is -0.0264. The van der Waals surface area contributed by atoms with Gasteiger partial charge in [-0.15, -0.1) is 0 Å². The van der Waals surface area contributed by atoms with Crippen LogP contribution in [0, 0.1) is 5.82 Å². The Balaban J connectivity index is 1.62. The second-order valence-corrected chi connectivity index (χ2v) is 7.32. The Bertz CT molecular complexity index is 939. The molecule has 27 heavy (non-hydrogen) atoms. The first kappa shape index (κ1) is 19.9. The molecular formula is C18H14Cl3FN4S. The Hall–Kier alpha value is -1.86. The fourth-order valence-electron chi connectivity index (χ4n) is 2.34. The molecule has 0 fully saturated rings. The van der Waals surface area contributed by atoms with E-state index in [0.717, 1.165) is 5.56 Å². The SMILES string of the molecule is Fc1cccc(Cl)c1Cn1cc(Cl)c(NC(=S)NCc2ccc(Cl)cc2)n1. The van der Waals surface area contributed by atoms with Crippen molar-refractivity contribution in [2.75, 3.05) is 5.32 Å². The maximum absolute atomic E-state index is 13.9. The van der Waals surface area contributed by atoms with Crippen LogP contribution < -0.4 is 10.6 Å². The number of thiocarbonyl (C=S) groups is 1. The van der Waals surface area contributed by atoms with Crippen LogP contribution >= 0.6 is 47.0 Å². The van der Waals surface area contributed by atoms with Crippen LogP contribution in [0.2, 0.25) is 15.1 Å². The van der Waals surface area contributed by atoms with E-state index in [9.17, 15) is 4.39 Å². The molecule has 9 heteroatoms. The molecule has 0 amide bonds. The molecule has 2 N–H and O–H groups in total. The van der Waals surface area contributed by atoms with Gasteiger partial charge in [0.2, 0.25) is 0 Å². The van der Waals surface area contributed by atoms with Crippen LogP contribution in [0.4, 0.5) is 10.2 Å². The molecule has 0 spiro atoms. The van der Waals surface area contributed by atoms with Crippen molar-refractivity contribution in [1.82, 2.24) is 15.1 Å². The second kappa shape index (κ2) is 8.89. The van der Waals surface area contributed by atoms with E-state index in [4.69, 9.17) is 47.0 Å². The average molecular weight is 444 g/mol. The van der Waals surface area contributed by atoms with E-state index in [2.05, 4.69) is 15.7 Å². The molecule has 140 valence electrons. The molecule has 3 rings (SSSR count). The molecule has 1 aromatic heterocycles. The molecular weight excluding hydrogens is 430 g/mol. The lowest BCUT2D eigenvalue weighted by Crippen LogP contribution is -2.28. The molecule has 0 aliphatic carbocycles. The number of hydrogen-bond donors (Lipinski definition) is 2. The minimum Gasteiger partial charge on any atom is -0.358 e. The summed E-state index contributed by atoms with van der Waals surface area (Å²) >= 11 is 23.4. The summed E-state index contributed by atoms with van der Waals surface area (Å²) in [6.45, 7) is 0.671. The molecule has 2 aromatic carbocycles. The van der Waals surface area contributed by atoms with Crippen molar-refractivity contribution >= 4 is 58.0 Å². The highest BCUT2D eigenvalue weighted by Crippen LogP contribution is 2.23. The molecule has 0 aliphatic heterocycles. The predicted octanol–water partition coefficient (Wildman–Crippen LogP) is 5.52. The summed E-state index contributed by atoms with van der Waals surface area (Å²) in [6.07, 6.45) is 1.58. The number of nitrogens with one attached hydrogen (secondary N) is 2. The molecule has 0 unspecified atom stereocenters. The molecule has 0 atom stereocenters. The van der Waals surface area contributed by atoms with E-state index in [1.165, 1.54) is 10.7 Å². The van der Waals surface area contributed by atoms with Gasteiger partial charge in [0.05, 0.1) is 6.54 Å². The molecule has 0 saturated carbocycles. The van der Waals surface area contributed by atoms with E-state index < -0.39 is 5.82 Å². The van der Waals surface area contributed by atoms with Crippen molar-refractivity contribution in [3.05, 3.63) is 80.7 Å². The summed E-state index contributed by atoms with van der Waals surface area (Å²) in [7, 11) is 0. The molecule has 0 radical (unpaired) electrons. The van der Waals surface area contributed by atoms with Gasteiger partial charge in [0, 0.05) is 28.4 Å². The fourth-order valence-corrected chi connectivity index (χ4v) is 3.06. The average Bonchev–Trinajstić information content (AvgIpc) is 2.97. The van der Waals surface area contributed by atoms with E-state index >= 15 is 0 Å². The van der Waals surface area contributed by atoms with Gasteiger partial charge in [0.1, 0.15) is 10.8 Å². The zero-order chi connectivity index (χ0) is 19.4. The van der Waals surface area contributed by atoms with E-state index in [1.54, 1.807) is 30.5 Å². The van der Waals surface area contributed by atoms with Crippen molar-refractivity contribution in [3.8, 4) is 0 Å². The summed E-state index contributed by atoms with van der Waals surface area (Å²) in [6, 6.07) is 11.9. The summed E-state index contributed by atoms with van der Waals surface area (Å²) < 4.78 is 15.4. The van der Waals surface area contributed by atoms with Crippen molar-refractivity contribution in [3.63, 3.8) is 0 Å². The number of nitrogens with zero attached hydrogens (tertiary/aromatic N) is 2. The first-order valence-corrected chi connectivity index (χ1v) is 9.41. The zero-order valence-electron chi connectivity index (χ0n) is 13.8. The predicted molar refractivity (Wildman–Crippen MR) is 112 cm³/mol. The van der Waals surface area contributed by atoms with Gasteiger partial charge in [-0.05, 0) is 42.0 Å². The standard InChI is InChI=1S/C18H14Cl3FN4S/c19-12-6-4-11(5-7-12)8-23-18(27)24-17-15(21)10-26(25-17)9-13-14(20)2-1-3-16(13)22/h1-7,10H,8-9H2,(H2,23,24,25,27). The lowest BCUT2D eigenvalue weighted by atomic mass is 10.2. The van der Waals surface area contributed by atoms with Gasteiger partial charge in [-0.3, -0.25) is 4.68 Å². The van der Waals surface area contributed by atoms with Gasteiger partial charge in [0.15, 0.2) is 10.9 Å². The molecule has 1 heterocycles. The Morgan fingerprint density at radius 3 is 2.52 bits per heavy atom. The Morgan fingerprint density at radius 2 is 1.81 bits per heavy atom. The van der Waals surface area contributed by atoms with Crippen molar-refractivity contribution in [1.29, 1.82) is 0 Å². The highest BCUT2D eigenvalue weighted by Gasteiger charge is 2.12. The first-order valence-electron chi connectivity index (χ1n) is 7.87. The third-order valence-corrected chi connectivity index (χ3v) is 4.83. The summed E-state index contributed by atoms with van der Waals surface area (Å²) in [5, 5.41) is 12.0. The Kier molecular flexibility index (Phi) is 6.55. The van der Waals surface area contributed by atoms with E-state index in [1.807, 2.05) is 12.1 Å². The quantitative estimate of drug-likeness (QED) is 0.510. The molecule has 4 nitrogen and oxygen atoms in total. The van der Waals surface area contributed by atoms with E-state index in [0.29, 0.717) is 38.1 Å². The smallest absolute Gasteiger partial charge is 0.173 e. The number of aromatic nitrogens is 2. The summed E-state index contributed by atoms with van der Waals surface area (Å²) in [4.78, 5) is 0. The first-order chi connectivity index (χ1) is 12.9. The molecule has 0 aliphatic rings. The van der Waals surface area contributed by atoms with Gasteiger partial charge in [-0.1, -0.05) is 53.0 Å². The van der Waals surface area contributed by atoms with Gasteiger partial charge in [-0.25, -0.2) is 4.39 Å². The maximum Gasteiger partial charge on any atom is 0.173 e. The Labute approximate surface area is 176 Å².